The van der Waals surface area contributed by atoms with Crippen molar-refractivity contribution < 1.29 is 10.2 Å². The van der Waals surface area contributed by atoms with Gasteiger partial charge in [0.15, 0.2) is 0 Å². The number of aliphatic hydroxyl groups is 2. The average Bonchev–Trinajstić information content (AvgIpc) is 2.64. The summed E-state index contributed by atoms with van der Waals surface area (Å²) in [6.07, 6.45) is 1.05. The molecule has 1 aromatic heterocycles. The molecule has 0 saturated carbocycles. The van der Waals surface area contributed by atoms with Crippen molar-refractivity contribution in [1.29, 1.82) is 0 Å². The summed E-state index contributed by atoms with van der Waals surface area (Å²) in [6.45, 7) is 2.70. The molecule has 0 amide bonds. The van der Waals surface area contributed by atoms with E-state index in [-0.39, 0.29) is 6.61 Å². The average molecular weight is 198 g/mol. The van der Waals surface area contributed by atoms with Gasteiger partial charge < -0.3 is 14.8 Å². The van der Waals surface area contributed by atoms with Crippen LogP contribution in [0.4, 0.5) is 0 Å². The number of aromatic nitrogens is 3. The van der Waals surface area contributed by atoms with E-state index in [1.54, 1.807) is 6.33 Å². The van der Waals surface area contributed by atoms with E-state index in [0.717, 1.165) is 18.9 Å². The molecule has 2 rings (SSSR count). The maximum absolute atomic E-state index is 9.27. The molecule has 1 aliphatic heterocycles. The van der Waals surface area contributed by atoms with Crippen molar-refractivity contribution in [2.75, 3.05) is 19.7 Å². The molecule has 0 saturated heterocycles. The Morgan fingerprint density at radius 2 is 2.36 bits per heavy atom. The fourth-order valence-electron chi connectivity index (χ4n) is 1.63. The highest BCUT2D eigenvalue weighted by Crippen LogP contribution is 2.08. The molecule has 0 aliphatic carbocycles. The van der Waals surface area contributed by atoms with Gasteiger partial charge in [0.2, 0.25) is 0 Å². The Morgan fingerprint density at radius 1 is 1.50 bits per heavy atom. The van der Waals surface area contributed by atoms with Gasteiger partial charge in [-0.1, -0.05) is 0 Å². The molecule has 1 atom stereocenters. The van der Waals surface area contributed by atoms with Crippen LogP contribution in [0.5, 0.6) is 0 Å². The summed E-state index contributed by atoms with van der Waals surface area (Å²) >= 11 is 0. The molecule has 0 radical (unpaired) electrons. The molecule has 1 aliphatic rings. The zero-order valence-corrected chi connectivity index (χ0v) is 7.87. The van der Waals surface area contributed by atoms with Crippen LogP contribution in [0.25, 0.3) is 0 Å². The normalized spacial score (nSPS) is 19.3. The van der Waals surface area contributed by atoms with Gasteiger partial charge in [0.25, 0.3) is 0 Å². The van der Waals surface area contributed by atoms with E-state index in [1.807, 2.05) is 4.57 Å². The fraction of sp³-hybridized carbons (Fsp3) is 0.750. The Labute approximate surface area is 81.8 Å². The van der Waals surface area contributed by atoms with Gasteiger partial charge in [-0.25, -0.2) is 0 Å². The molecular formula is C8H14N4O2. The Balaban J connectivity index is 1.94. The van der Waals surface area contributed by atoms with Crippen molar-refractivity contribution in [3.63, 3.8) is 0 Å². The second kappa shape index (κ2) is 4.04. The molecule has 1 aromatic rings. The second-order valence-corrected chi connectivity index (χ2v) is 3.51. The van der Waals surface area contributed by atoms with E-state index in [4.69, 9.17) is 5.11 Å². The largest absolute Gasteiger partial charge is 0.394 e. The van der Waals surface area contributed by atoms with E-state index >= 15 is 0 Å². The SMILES string of the molecule is OCC(O)CN1CCn2cnnc2C1. The third-order valence-electron chi connectivity index (χ3n) is 2.40. The molecule has 1 unspecified atom stereocenters. The Bertz CT molecular complexity index is 301. The van der Waals surface area contributed by atoms with E-state index < -0.39 is 6.10 Å². The molecule has 14 heavy (non-hydrogen) atoms. The van der Waals surface area contributed by atoms with E-state index in [0.29, 0.717) is 13.1 Å². The Kier molecular flexibility index (Phi) is 2.76. The zero-order chi connectivity index (χ0) is 9.97. The van der Waals surface area contributed by atoms with Crippen molar-refractivity contribution in [2.24, 2.45) is 0 Å². The van der Waals surface area contributed by atoms with Gasteiger partial charge in [0.1, 0.15) is 12.2 Å². The zero-order valence-electron chi connectivity index (χ0n) is 7.87. The topological polar surface area (TPSA) is 74.4 Å². The maximum Gasteiger partial charge on any atom is 0.147 e. The van der Waals surface area contributed by atoms with Crippen molar-refractivity contribution in [3.05, 3.63) is 12.2 Å². The van der Waals surface area contributed by atoms with Crippen molar-refractivity contribution in [1.82, 2.24) is 19.7 Å². The standard InChI is InChI=1S/C8H14N4O2/c13-5-7(14)3-11-1-2-12-6-9-10-8(12)4-11/h6-7,13-14H,1-5H2. The van der Waals surface area contributed by atoms with E-state index in [1.165, 1.54) is 0 Å². The third-order valence-corrected chi connectivity index (χ3v) is 2.40. The molecule has 0 spiro atoms. The van der Waals surface area contributed by atoms with Gasteiger partial charge in [-0.15, -0.1) is 10.2 Å². The van der Waals surface area contributed by atoms with Crippen LogP contribution in [0.3, 0.4) is 0 Å². The molecule has 78 valence electrons. The highest BCUT2D eigenvalue weighted by Gasteiger charge is 2.19. The number of aliphatic hydroxyl groups excluding tert-OH is 2. The van der Waals surface area contributed by atoms with Crippen LogP contribution in [0.1, 0.15) is 5.82 Å². The lowest BCUT2D eigenvalue weighted by Gasteiger charge is -2.28. The quantitative estimate of drug-likeness (QED) is 0.615. The second-order valence-electron chi connectivity index (χ2n) is 3.51. The molecular weight excluding hydrogens is 184 g/mol. The number of rotatable bonds is 3. The minimum absolute atomic E-state index is 0.191. The van der Waals surface area contributed by atoms with Gasteiger partial charge in [-0.2, -0.15) is 0 Å². The first-order valence-corrected chi connectivity index (χ1v) is 4.67. The Hall–Kier alpha value is -0.980. The summed E-state index contributed by atoms with van der Waals surface area (Å²) in [5.41, 5.74) is 0. The number of β-amino-alcohol motifs (C(OH)–C–C–N with tert-alkyl or cyclic N) is 1. The predicted molar refractivity (Wildman–Crippen MR) is 48.4 cm³/mol. The summed E-state index contributed by atoms with van der Waals surface area (Å²) in [7, 11) is 0. The minimum Gasteiger partial charge on any atom is -0.394 e. The molecule has 0 aromatic carbocycles. The van der Waals surface area contributed by atoms with Gasteiger partial charge in [0, 0.05) is 19.6 Å². The first-order chi connectivity index (χ1) is 6.79. The van der Waals surface area contributed by atoms with Crippen molar-refractivity contribution >= 4 is 0 Å². The molecule has 6 nitrogen and oxygen atoms in total. The van der Waals surface area contributed by atoms with Crippen LogP contribution < -0.4 is 0 Å². The van der Waals surface area contributed by atoms with Crippen LogP contribution in [-0.2, 0) is 13.1 Å². The Morgan fingerprint density at radius 3 is 3.14 bits per heavy atom. The maximum atomic E-state index is 9.27. The van der Waals surface area contributed by atoms with Crippen LogP contribution in [-0.4, -0.2) is 55.7 Å². The van der Waals surface area contributed by atoms with Crippen LogP contribution in [0, 0.1) is 0 Å². The van der Waals surface area contributed by atoms with Gasteiger partial charge in [-0.05, 0) is 0 Å². The molecule has 2 N–H and O–H groups in total. The number of nitrogens with zero attached hydrogens (tertiary/aromatic N) is 4. The molecule has 0 bridgehead atoms. The van der Waals surface area contributed by atoms with Crippen molar-refractivity contribution in [3.8, 4) is 0 Å². The highest BCUT2D eigenvalue weighted by atomic mass is 16.3. The lowest BCUT2D eigenvalue weighted by atomic mass is 10.3. The summed E-state index contributed by atoms with van der Waals surface area (Å²) in [5.74, 6) is 0.918. The lowest BCUT2D eigenvalue weighted by molar-refractivity contribution is 0.0502. The highest BCUT2D eigenvalue weighted by molar-refractivity contribution is 4.90. The lowest BCUT2D eigenvalue weighted by Crippen LogP contribution is -2.39. The fourth-order valence-corrected chi connectivity index (χ4v) is 1.63. The number of fused-ring (bicyclic) bond motifs is 1. The van der Waals surface area contributed by atoms with Gasteiger partial charge in [-0.3, -0.25) is 4.90 Å². The minimum atomic E-state index is -0.663. The first kappa shape index (κ1) is 9.57. The molecule has 6 heteroatoms. The first-order valence-electron chi connectivity index (χ1n) is 4.67. The summed E-state index contributed by atoms with van der Waals surface area (Å²) in [5, 5.41) is 25.8. The van der Waals surface area contributed by atoms with E-state index in [9.17, 15) is 5.11 Å². The monoisotopic (exact) mass is 198 g/mol. The number of hydrogen-bond acceptors (Lipinski definition) is 5. The third kappa shape index (κ3) is 1.92. The smallest absolute Gasteiger partial charge is 0.147 e. The van der Waals surface area contributed by atoms with Gasteiger partial charge in [0.05, 0.1) is 19.3 Å². The summed E-state index contributed by atoms with van der Waals surface area (Å²) in [6, 6.07) is 0. The van der Waals surface area contributed by atoms with E-state index in [2.05, 4.69) is 15.1 Å². The summed E-state index contributed by atoms with van der Waals surface area (Å²) in [4.78, 5) is 2.06. The van der Waals surface area contributed by atoms with Crippen LogP contribution in [0.15, 0.2) is 6.33 Å². The molecule has 0 fully saturated rings. The summed E-state index contributed by atoms with van der Waals surface area (Å²) < 4.78 is 2.00. The van der Waals surface area contributed by atoms with Crippen LogP contribution in [0.2, 0.25) is 0 Å². The predicted octanol–water partition coefficient (Wildman–Crippen LogP) is -1.55. The van der Waals surface area contributed by atoms with Gasteiger partial charge >= 0.3 is 0 Å². The van der Waals surface area contributed by atoms with Crippen molar-refractivity contribution in [2.45, 2.75) is 19.2 Å². The van der Waals surface area contributed by atoms with Crippen LogP contribution >= 0.6 is 0 Å². The molecule has 2 heterocycles. The number of hydrogen-bond donors (Lipinski definition) is 2.